The van der Waals surface area contributed by atoms with Gasteiger partial charge < -0.3 is 51.5 Å². The van der Waals surface area contributed by atoms with Gasteiger partial charge in [-0.1, -0.05) is 12.0 Å². The number of methoxy groups -OCH3 is 5. The third-order valence-corrected chi connectivity index (χ3v) is 4.41. The number of nitrogens with two attached hydrogens (primary N) is 3. The van der Waals surface area contributed by atoms with Gasteiger partial charge in [-0.3, -0.25) is 19.2 Å². The van der Waals surface area contributed by atoms with E-state index in [0.29, 0.717) is 17.4 Å². The Morgan fingerprint density at radius 3 is 1.36 bits per heavy atom. The Balaban J connectivity index is -0.000000131. The van der Waals surface area contributed by atoms with Gasteiger partial charge >= 0.3 is 30.3 Å². The summed E-state index contributed by atoms with van der Waals surface area (Å²) in [6.07, 6.45) is -4.62. The predicted molar refractivity (Wildman–Crippen MR) is 197 cm³/mol. The molecule has 2 amide bonds. The molecule has 55 heavy (non-hydrogen) atoms. The first kappa shape index (κ1) is 62.7. The van der Waals surface area contributed by atoms with Crippen molar-refractivity contribution >= 4 is 64.7 Å². The quantitative estimate of drug-likeness (QED) is 0.205. The van der Waals surface area contributed by atoms with Crippen LogP contribution in [0.2, 0.25) is 15.9 Å². The Morgan fingerprint density at radius 2 is 1.11 bits per heavy atom. The van der Waals surface area contributed by atoms with E-state index in [4.69, 9.17) is 39.5 Å². The Morgan fingerprint density at radius 1 is 0.727 bits per heavy atom. The smallest absolute Gasteiger partial charge is 0.469 e. The first-order valence-corrected chi connectivity index (χ1v) is 15.9. The topological polar surface area (TPSA) is 306 Å². The summed E-state index contributed by atoms with van der Waals surface area (Å²) in [5, 5.41) is 6.05. The van der Waals surface area contributed by atoms with Crippen molar-refractivity contribution in [3.05, 3.63) is 15.9 Å². The molecule has 1 saturated heterocycles. The van der Waals surface area contributed by atoms with E-state index in [1.54, 1.807) is 14.0 Å². The number of anilines is 1. The summed E-state index contributed by atoms with van der Waals surface area (Å²) in [4.78, 5) is 68.3. The van der Waals surface area contributed by atoms with Gasteiger partial charge in [-0.15, -0.1) is 0 Å². The van der Waals surface area contributed by atoms with Crippen LogP contribution in [-0.2, 0) is 33.4 Å². The number of aromatic nitrogens is 6. The van der Waals surface area contributed by atoms with Crippen LogP contribution in [0.4, 0.5) is 23.9 Å². The van der Waals surface area contributed by atoms with Crippen molar-refractivity contribution in [1.82, 2.24) is 40.3 Å². The van der Waals surface area contributed by atoms with E-state index < -0.39 is 30.8 Å². The van der Waals surface area contributed by atoms with E-state index >= 15 is 0 Å². The molecule has 3 rings (SSSR count). The molecule has 0 saturated carbocycles. The fourth-order valence-corrected chi connectivity index (χ4v) is 2.51. The zero-order valence-corrected chi connectivity index (χ0v) is 34.8. The van der Waals surface area contributed by atoms with E-state index in [1.165, 1.54) is 42.5 Å². The van der Waals surface area contributed by atoms with Gasteiger partial charge in [-0.05, 0) is 70.0 Å². The highest BCUT2D eigenvalue weighted by Crippen LogP contribution is 2.14. The molecule has 0 radical (unpaired) electrons. The fraction of sp³-hybridized carbons (Fsp3) is 0.630. The summed E-state index contributed by atoms with van der Waals surface area (Å²) >= 11 is 16.3. The molecule has 1 aliphatic rings. The van der Waals surface area contributed by atoms with Crippen molar-refractivity contribution in [2.45, 2.75) is 32.4 Å². The van der Waals surface area contributed by atoms with Gasteiger partial charge in [0, 0.05) is 33.4 Å². The normalized spacial score (nSPS) is 10.2. The lowest BCUT2D eigenvalue weighted by atomic mass is 10.4. The lowest BCUT2D eigenvalue weighted by Gasteiger charge is -2.10. The number of hydroxylamine groups is 2. The van der Waals surface area contributed by atoms with Crippen LogP contribution >= 0.6 is 34.8 Å². The summed E-state index contributed by atoms with van der Waals surface area (Å²) in [6, 6.07) is 0.319. The summed E-state index contributed by atoms with van der Waals surface area (Å²) < 4.78 is 54.3. The van der Waals surface area contributed by atoms with Crippen molar-refractivity contribution in [2.75, 3.05) is 89.8 Å². The van der Waals surface area contributed by atoms with E-state index in [2.05, 4.69) is 81.5 Å². The van der Waals surface area contributed by atoms with Crippen LogP contribution in [0.5, 0.6) is 12.0 Å². The molecule has 0 aromatic carbocycles. The second-order valence-corrected chi connectivity index (χ2v) is 8.64. The van der Waals surface area contributed by atoms with Gasteiger partial charge in [0.25, 0.3) is 11.8 Å². The van der Waals surface area contributed by atoms with Crippen LogP contribution in [0.1, 0.15) is 26.2 Å². The van der Waals surface area contributed by atoms with Crippen molar-refractivity contribution in [2.24, 2.45) is 17.2 Å². The van der Waals surface area contributed by atoms with Crippen LogP contribution in [-0.4, -0.2) is 150 Å². The number of alkyl halides is 3. The first-order valence-electron chi connectivity index (χ1n) is 14.7. The zero-order valence-electron chi connectivity index (χ0n) is 32.5. The number of rotatable bonds is 6. The number of esters is 1. The average Bonchev–Trinajstić information content (AvgIpc) is 3.49. The molecular weight excluding hydrogens is 816 g/mol. The molecule has 0 bridgehead atoms. The minimum absolute atomic E-state index is 0.0249. The highest BCUT2D eigenvalue weighted by Gasteiger charge is 2.33. The number of ether oxygens (including phenoxy) is 5. The summed E-state index contributed by atoms with van der Waals surface area (Å²) in [5.41, 5.74) is 13.5. The Kier molecular flexibility index (Phi) is 48.5. The van der Waals surface area contributed by atoms with E-state index in [-0.39, 0.29) is 46.7 Å². The van der Waals surface area contributed by atoms with E-state index in [0.717, 1.165) is 14.2 Å². The molecule has 28 heteroatoms. The molecule has 2 aromatic rings. The molecule has 322 valence electrons. The lowest BCUT2D eigenvalue weighted by Crippen LogP contribution is -2.31. The van der Waals surface area contributed by atoms with Gasteiger partial charge in [0.05, 0.1) is 28.4 Å². The van der Waals surface area contributed by atoms with E-state index in [1.807, 2.05) is 14.1 Å². The first-order chi connectivity index (χ1) is 25.9. The minimum Gasteiger partial charge on any atom is -0.469 e. The molecule has 0 unspecified atom stereocenters. The summed E-state index contributed by atoms with van der Waals surface area (Å²) in [5.74, 6) is -0.812. The van der Waals surface area contributed by atoms with Crippen molar-refractivity contribution < 1.29 is 60.9 Å². The number of carbonyl (C=O) groups excluding carboxylic acids is 4. The molecule has 2 aromatic heterocycles. The number of nitrogens with zero attached hydrogens (tertiary/aromatic N) is 7. The van der Waals surface area contributed by atoms with Gasteiger partial charge in [0.15, 0.2) is 0 Å². The number of amides is 2. The van der Waals surface area contributed by atoms with Crippen LogP contribution < -0.4 is 37.3 Å². The van der Waals surface area contributed by atoms with Crippen LogP contribution in [0.25, 0.3) is 0 Å². The lowest BCUT2D eigenvalue weighted by molar-refractivity contribution is -0.176. The maximum atomic E-state index is 10.9. The number of hydrogen-bond donors (Lipinski definition) is 5. The van der Waals surface area contributed by atoms with Crippen molar-refractivity contribution in [3.63, 3.8) is 0 Å². The molecule has 0 aliphatic carbocycles. The molecule has 1 fully saturated rings. The monoisotopic (exact) mass is 866 g/mol. The standard InChI is InChI=1S/C6H7NO5.C5H7ClN4O.C4H3Cl2N3O.C4H8O2.C3H5F3O.C2H7N.3CH5N/c1-11-6(10)12-7-4(8)2-3-5(7)9;1-7-4-8-3(6)9-5(10-4)11-2;1-10-4-8-2(5)7-3(6)9-4;1-3-4(5)6-2;1-7-2-3(4,5)6;1-3-2;3*1-2/h2-3H2,1H3;1-2H3,(H,7,8,9,10);1H3;3H2,1-2H3;2H2,1H3;3H,1-2H3;3*2H2,1H3. The molecule has 1 aliphatic heterocycles. The SMILES string of the molecule is CCC(=O)OC.CN.CN.CN.CNC.CNc1nc(Cl)nc(OC)n1.COC(=O)ON1C(=O)CCC1=O.COCC(F)(F)F.COc1nc(Cl)nc(Cl)n1. The van der Waals surface area contributed by atoms with Gasteiger partial charge in [-0.25, -0.2) is 4.79 Å². The largest absolute Gasteiger partial charge is 0.533 e. The summed E-state index contributed by atoms with van der Waals surface area (Å²) in [7, 11) is 16.3. The second-order valence-electron chi connectivity index (χ2n) is 7.63. The Bertz CT molecular complexity index is 1220. The van der Waals surface area contributed by atoms with E-state index in [9.17, 15) is 32.3 Å². The van der Waals surface area contributed by atoms with Crippen LogP contribution in [0.15, 0.2) is 0 Å². The van der Waals surface area contributed by atoms with Gasteiger partial charge in [0.2, 0.25) is 21.8 Å². The highest BCUT2D eigenvalue weighted by atomic mass is 35.5. The van der Waals surface area contributed by atoms with Crippen molar-refractivity contribution in [1.29, 1.82) is 0 Å². The molecule has 22 nitrogen and oxygen atoms in total. The maximum absolute atomic E-state index is 10.9. The van der Waals surface area contributed by atoms with Crippen LogP contribution in [0.3, 0.4) is 0 Å². The molecule has 3 heterocycles. The molecule has 0 atom stereocenters. The zero-order chi connectivity index (χ0) is 44.6. The third kappa shape index (κ3) is 40.8. The average molecular weight is 868 g/mol. The van der Waals surface area contributed by atoms with Crippen molar-refractivity contribution in [3.8, 4) is 12.0 Å². The number of nitrogens with one attached hydrogen (secondary N) is 2. The number of imide groups is 1. The number of halogens is 6. The summed E-state index contributed by atoms with van der Waals surface area (Å²) in [6.45, 7) is 0.596. The van der Waals surface area contributed by atoms with Crippen LogP contribution in [0, 0.1) is 0 Å². The predicted octanol–water partition coefficient (Wildman–Crippen LogP) is 1.92. The third-order valence-electron chi connectivity index (χ3n) is 3.90. The molecule has 0 spiro atoms. The van der Waals surface area contributed by atoms with Gasteiger partial charge in [0.1, 0.15) is 6.61 Å². The fourth-order valence-electron chi connectivity index (χ4n) is 2.01. The molecular formula is C27H52Cl3F3N12O10. The molecule has 8 N–H and O–H groups in total. The minimum atomic E-state index is -4.17. The Hall–Kier alpha value is -4.24. The maximum Gasteiger partial charge on any atom is 0.533 e. The highest BCUT2D eigenvalue weighted by molar-refractivity contribution is 6.31. The Labute approximate surface area is 332 Å². The van der Waals surface area contributed by atoms with Gasteiger partial charge in [-0.2, -0.15) is 43.1 Å². The number of hydrogen-bond acceptors (Lipinski definition) is 21. The number of carbonyl (C=O) groups is 4. The second kappa shape index (κ2) is 42.5.